The number of carbonyl (C=O) groups is 1. The molecule has 0 bridgehead atoms. The molecule has 3 rings (SSSR count). The summed E-state index contributed by atoms with van der Waals surface area (Å²) in [5.74, 6) is 0.508. The summed E-state index contributed by atoms with van der Waals surface area (Å²) < 4.78 is 1.04. The van der Waals surface area contributed by atoms with Gasteiger partial charge < -0.3 is 19.8 Å². The fourth-order valence-corrected chi connectivity index (χ4v) is 4.27. The van der Waals surface area contributed by atoms with Crippen LogP contribution in [-0.2, 0) is 0 Å². The van der Waals surface area contributed by atoms with E-state index in [2.05, 4.69) is 35.9 Å². The lowest BCUT2D eigenvalue weighted by molar-refractivity contribution is 0.0779. The van der Waals surface area contributed by atoms with Crippen molar-refractivity contribution in [2.24, 2.45) is 11.8 Å². The highest BCUT2D eigenvalue weighted by molar-refractivity contribution is 7.16. The van der Waals surface area contributed by atoms with Gasteiger partial charge in [0.05, 0.1) is 15.7 Å². The first-order valence-electron chi connectivity index (χ1n) is 9.04. The summed E-state index contributed by atoms with van der Waals surface area (Å²) in [6.07, 6.45) is 0. The van der Waals surface area contributed by atoms with Crippen LogP contribution in [0.4, 0.5) is 0 Å². The Balaban J connectivity index is 1.64. The number of nitrogens with zero attached hydrogens (tertiary/aromatic N) is 4. The largest absolute Gasteiger partial charge is 0.396 e. The zero-order valence-corrected chi connectivity index (χ0v) is 16.6. The van der Waals surface area contributed by atoms with Gasteiger partial charge >= 0.3 is 0 Å². The van der Waals surface area contributed by atoms with Crippen LogP contribution in [0, 0.1) is 11.8 Å². The second-order valence-electron chi connectivity index (χ2n) is 7.51. The lowest BCUT2D eigenvalue weighted by atomic mass is 9.96. The van der Waals surface area contributed by atoms with Crippen molar-refractivity contribution in [3.8, 4) is 0 Å². The van der Waals surface area contributed by atoms with Gasteiger partial charge in [0.15, 0.2) is 0 Å². The molecule has 0 saturated carbocycles. The number of aliphatic hydroxyl groups excluding tert-OH is 1. The van der Waals surface area contributed by atoms with E-state index in [-0.39, 0.29) is 18.4 Å². The van der Waals surface area contributed by atoms with E-state index in [0.717, 1.165) is 29.9 Å². The minimum absolute atomic E-state index is 0.0530. The SMILES string of the molecule is CN(C)CCN(C)C[C@@H]1CN(C(=O)c2ccc3ncsc3c2)C[C@@H]1CO. The fourth-order valence-electron chi connectivity index (χ4n) is 3.55. The van der Waals surface area contributed by atoms with Gasteiger partial charge in [0.25, 0.3) is 5.91 Å². The summed E-state index contributed by atoms with van der Waals surface area (Å²) >= 11 is 1.55. The molecular weight excluding hydrogens is 348 g/mol. The zero-order valence-electron chi connectivity index (χ0n) is 15.8. The van der Waals surface area contributed by atoms with Gasteiger partial charge in [-0.15, -0.1) is 11.3 Å². The predicted molar refractivity (Wildman–Crippen MR) is 106 cm³/mol. The predicted octanol–water partition coefficient (Wildman–Crippen LogP) is 1.47. The number of benzene rings is 1. The van der Waals surface area contributed by atoms with E-state index in [1.165, 1.54) is 0 Å². The maximum absolute atomic E-state index is 12.9. The number of hydrogen-bond donors (Lipinski definition) is 1. The molecule has 1 saturated heterocycles. The Bertz CT molecular complexity index is 748. The smallest absolute Gasteiger partial charge is 0.253 e. The van der Waals surface area contributed by atoms with Crippen LogP contribution in [-0.4, -0.2) is 91.2 Å². The van der Waals surface area contributed by atoms with E-state index in [9.17, 15) is 9.90 Å². The molecule has 1 aromatic carbocycles. The Kier molecular flexibility index (Phi) is 6.24. The first-order chi connectivity index (χ1) is 12.5. The van der Waals surface area contributed by atoms with Gasteiger partial charge in [0.2, 0.25) is 0 Å². The van der Waals surface area contributed by atoms with E-state index in [1.807, 2.05) is 23.1 Å². The Morgan fingerprint density at radius 3 is 2.77 bits per heavy atom. The van der Waals surface area contributed by atoms with E-state index < -0.39 is 0 Å². The average molecular weight is 377 g/mol. The Hall–Kier alpha value is -1.54. The van der Waals surface area contributed by atoms with Crippen LogP contribution in [0.2, 0.25) is 0 Å². The van der Waals surface area contributed by atoms with E-state index >= 15 is 0 Å². The third kappa shape index (κ3) is 4.40. The van der Waals surface area contributed by atoms with Crippen LogP contribution < -0.4 is 0 Å². The van der Waals surface area contributed by atoms with Crippen LogP contribution in [0.3, 0.4) is 0 Å². The van der Waals surface area contributed by atoms with Gasteiger partial charge in [-0.1, -0.05) is 0 Å². The van der Waals surface area contributed by atoms with Crippen molar-refractivity contribution < 1.29 is 9.90 Å². The van der Waals surface area contributed by atoms with Gasteiger partial charge in [0.1, 0.15) is 0 Å². The first-order valence-corrected chi connectivity index (χ1v) is 9.92. The molecule has 2 atom stereocenters. The summed E-state index contributed by atoms with van der Waals surface area (Å²) in [6.45, 7) is 4.35. The van der Waals surface area contributed by atoms with Crippen molar-refractivity contribution in [1.82, 2.24) is 19.7 Å². The number of aromatic nitrogens is 1. The summed E-state index contributed by atoms with van der Waals surface area (Å²) in [4.78, 5) is 23.6. The van der Waals surface area contributed by atoms with Crippen molar-refractivity contribution in [2.45, 2.75) is 0 Å². The summed E-state index contributed by atoms with van der Waals surface area (Å²) in [7, 11) is 6.25. The van der Waals surface area contributed by atoms with E-state index in [4.69, 9.17) is 0 Å². The molecule has 26 heavy (non-hydrogen) atoms. The molecule has 0 radical (unpaired) electrons. The molecule has 0 unspecified atom stereocenters. The van der Waals surface area contributed by atoms with Gasteiger partial charge in [-0.3, -0.25) is 4.79 Å². The lowest BCUT2D eigenvalue weighted by Gasteiger charge is -2.25. The zero-order chi connectivity index (χ0) is 18.7. The van der Waals surface area contributed by atoms with Crippen molar-refractivity contribution in [3.63, 3.8) is 0 Å². The third-order valence-electron chi connectivity index (χ3n) is 5.15. The number of rotatable bonds is 7. The Labute approximate surface area is 159 Å². The van der Waals surface area contributed by atoms with Crippen molar-refractivity contribution in [3.05, 3.63) is 29.3 Å². The molecule has 7 heteroatoms. The molecule has 0 aliphatic carbocycles. The summed E-state index contributed by atoms with van der Waals surface area (Å²) in [6, 6.07) is 5.69. The molecule has 1 amide bonds. The molecule has 1 aromatic heterocycles. The van der Waals surface area contributed by atoms with Crippen LogP contribution in [0.1, 0.15) is 10.4 Å². The molecule has 2 aromatic rings. The Morgan fingerprint density at radius 1 is 1.27 bits per heavy atom. The topological polar surface area (TPSA) is 59.9 Å². The van der Waals surface area contributed by atoms with Gasteiger partial charge in [0, 0.05) is 50.8 Å². The molecule has 1 aliphatic heterocycles. The van der Waals surface area contributed by atoms with Gasteiger partial charge in [-0.2, -0.15) is 0 Å². The standard InChI is InChI=1S/C19H28N4O2S/c1-21(2)6-7-22(3)9-15-10-23(11-16(15)12-24)19(25)14-4-5-17-18(8-14)26-13-20-17/h4-5,8,13,15-16,24H,6-7,9-12H2,1-3H3/t15-,16-/m1/s1. The lowest BCUT2D eigenvalue weighted by Crippen LogP contribution is -2.35. The highest BCUT2D eigenvalue weighted by Gasteiger charge is 2.35. The Morgan fingerprint density at radius 2 is 2.04 bits per heavy atom. The molecule has 2 heterocycles. The van der Waals surface area contributed by atoms with Gasteiger partial charge in [-0.25, -0.2) is 4.98 Å². The number of carbonyl (C=O) groups excluding carboxylic acids is 1. The normalized spacial score (nSPS) is 20.6. The molecule has 0 spiro atoms. The number of thiazole rings is 1. The number of fused-ring (bicyclic) bond motifs is 1. The number of likely N-dealkylation sites (N-methyl/N-ethyl adjacent to an activating group) is 2. The maximum Gasteiger partial charge on any atom is 0.253 e. The second kappa shape index (κ2) is 8.43. The first kappa shape index (κ1) is 19.2. The third-order valence-corrected chi connectivity index (χ3v) is 5.94. The highest BCUT2D eigenvalue weighted by Crippen LogP contribution is 2.27. The number of likely N-dealkylation sites (tertiary alicyclic amines) is 1. The molecule has 6 nitrogen and oxygen atoms in total. The molecule has 1 aliphatic rings. The fraction of sp³-hybridized carbons (Fsp3) is 0.579. The quantitative estimate of drug-likeness (QED) is 0.793. The summed E-state index contributed by atoms with van der Waals surface area (Å²) in [5, 5.41) is 9.78. The highest BCUT2D eigenvalue weighted by atomic mass is 32.1. The van der Waals surface area contributed by atoms with Crippen LogP contribution >= 0.6 is 11.3 Å². The van der Waals surface area contributed by atoms with Gasteiger partial charge in [-0.05, 0) is 45.3 Å². The monoisotopic (exact) mass is 376 g/mol. The molecule has 1 N–H and O–H groups in total. The maximum atomic E-state index is 12.9. The second-order valence-corrected chi connectivity index (χ2v) is 8.40. The molecular formula is C19H28N4O2S. The van der Waals surface area contributed by atoms with E-state index in [0.29, 0.717) is 24.6 Å². The van der Waals surface area contributed by atoms with Crippen molar-refractivity contribution >= 4 is 27.5 Å². The van der Waals surface area contributed by atoms with Crippen molar-refractivity contribution in [1.29, 1.82) is 0 Å². The van der Waals surface area contributed by atoms with Crippen molar-refractivity contribution in [2.75, 3.05) is 60.5 Å². The molecule has 142 valence electrons. The number of aliphatic hydroxyl groups is 1. The molecule has 1 fully saturated rings. The number of hydrogen-bond acceptors (Lipinski definition) is 6. The van der Waals surface area contributed by atoms with Crippen LogP contribution in [0.25, 0.3) is 10.2 Å². The minimum atomic E-state index is 0.0530. The minimum Gasteiger partial charge on any atom is -0.396 e. The van der Waals surface area contributed by atoms with Crippen LogP contribution in [0.5, 0.6) is 0 Å². The van der Waals surface area contributed by atoms with Crippen LogP contribution in [0.15, 0.2) is 23.7 Å². The van der Waals surface area contributed by atoms with E-state index in [1.54, 1.807) is 16.8 Å². The summed E-state index contributed by atoms with van der Waals surface area (Å²) in [5.41, 5.74) is 3.44. The average Bonchev–Trinajstić information content (AvgIpc) is 3.25. The number of amides is 1.